The van der Waals surface area contributed by atoms with Crippen LogP contribution in [0.2, 0.25) is 0 Å². The predicted octanol–water partition coefficient (Wildman–Crippen LogP) is 1.68. The zero-order chi connectivity index (χ0) is 15.8. The SMILES string of the molecule is CCOC(=O)CCC(=O)N1CCCC(C(C)CC(=O)O)C1. The summed E-state index contributed by atoms with van der Waals surface area (Å²) >= 11 is 0. The summed E-state index contributed by atoms with van der Waals surface area (Å²) in [4.78, 5) is 35.9. The number of rotatable bonds is 7. The number of carbonyl (C=O) groups is 3. The maximum atomic E-state index is 12.1. The van der Waals surface area contributed by atoms with Crippen molar-refractivity contribution in [1.29, 1.82) is 0 Å². The predicted molar refractivity (Wildman–Crippen MR) is 76.6 cm³/mol. The van der Waals surface area contributed by atoms with Crippen LogP contribution in [0.3, 0.4) is 0 Å². The molecule has 1 rings (SSSR count). The number of nitrogens with zero attached hydrogens (tertiary/aromatic N) is 1. The van der Waals surface area contributed by atoms with Crippen LogP contribution >= 0.6 is 0 Å². The monoisotopic (exact) mass is 299 g/mol. The standard InChI is InChI=1S/C15H25NO5/c1-3-21-15(20)7-6-13(17)16-8-4-5-12(10-16)11(2)9-14(18)19/h11-12H,3-10H2,1-2H3,(H,18,19). The lowest BCUT2D eigenvalue weighted by Gasteiger charge is -2.35. The van der Waals surface area contributed by atoms with Crippen LogP contribution in [0, 0.1) is 11.8 Å². The third-order valence-corrected chi connectivity index (χ3v) is 3.96. The summed E-state index contributed by atoms with van der Waals surface area (Å²) in [6.07, 6.45) is 2.25. The summed E-state index contributed by atoms with van der Waals surface area (Å²) in [6.45, 7) is 5.27. The summed E-state index contributed by atoms with van der Waals surface area (Å²) in [6, 6.07) is 0. The number of carboxylic acids is 1. The Morgan fingerprint density at radius 1 is 1.33 bits per heavy atom. The number of carbonyl (C=O) groups excluding carboxylic acids is 2. The van der Waals surface area contributed by atoms with Crippen LogP contribution in [0.25, 0.3) is 0 Å². The molecule has 1 aliphatic rings. The van der Waals surface area contributed by atoms with E-state index in [-0.39, 0.29) is 43.0 Å². The molecule has 1 N–H and O–H groups in total. The lowest BCUT2D eigenvalue weighted by molar-refractivity contribution is -0.146. The molecule has 0 aromatic heterocycles. The minimum absolute atomic E-state index is 0.0460. The lowest BCUT2D eigenvalue weighted by atomic mass is 9.84. The maximum Gasteiger partial charge on any atom is 0.306 e. The Morgan fingerprint density at radius 3 is 2.67 bits per heavy atom. The Morgan fingerprint density at radius 2 is 2.05 bits per heavy atom. The molecule has 120 valence electrons. The molecule has 0 saturated carbocycles. The molecule has 1 amide bonds. The van der Waals surface area contributed by atoms with Gasteiger partial charge in [-0.1, -0.05) is 6.92 Å². The first-order chi connectivity index (χ1) is 9.93. The van der Waals surface area contributed by atoms with Gasteiger partial charge in [-0.25, -0.2) is 0 Å². The second-order valence-electron chi connectivity index (χ2n) is 5.62. The third-order valence-electron chi connectivity index (χ3n) is 3.96. The molecule has 0 bridgehead atoms. The Labute approximate surface area is 125 Å². The lowest BCUT2D eigenvalue weighted by Crippen LogP contribution is -2.42. The van der Waals surface area contributed by atoms with Gasteiger partial charge >= 0.3 is 11.9 Å². The second kappa shape index (κ2) is 8.64. The van der Waals surface area contributed by atoms with E-state index in [1.165, 1.54) is 0 Å². The average molecular weight is 299 g/mol. The second-order valence-corrected chi connectivity index (χ2v) is 5.62. The summed E-state index contributed by atoms with van der Waals surface area (Å²) in [5, 5.41) is 8.85. The van der Waals surface area contributed by atoms with Gasteiger partial charge in [0.15, 0.2) is 0 Å². The molecule has 1 saturated heterocycles. The van der Waals surface area contributed by atoms with E-state index in [1.54, 1.807) is 11.8 Å². The molecule has 2 atom stereocenters. The fourth-order valence-corrected chi connectivity index (χ4v) is 2.74. The zero-order valence-electron chi connectivity index (χ0n) is 12.8. The van der Waals surface area contributed by atoms with Crippen LogP contribution < -0.4 is 0 Å². The van der Waals surface area contributed by atoms with Gasteiger partial charge in [0.25, 0.3) is 0 Å². The average Bonchev–Trinajstić information content (AvgIpc) is 2.44. The maximum absolute atomic E-state index is 12.1. The van der Waals surface area contributed by atoms with E-state index in [0.29, 0.717) is 19.7 Å². The van der Waals surface area contributed by atoms with Crippen molar-refractivity contribution in [3.05, 3.63) is 0 Å². The van der Waals surface area contributed by atoms with Crippen LogP contribution in [-0.2, 0) is 19.1 Å². The van der Waals surface area contributed by atoms with Crippen molar-refractivity contribution in [2.45, 2.75) is 46.0 Å². The molecular weight excluding hydrogens is 274 g/mol. The number of esters is 1. The van der Waals surface area contributed by atoms with Crippen LogP contribution in [-0.4, -0.2) is 47.5 Å². The highest BCUT2D eigenvalue weighted by Gasteiger charge is 2.28. The highest BCUT2D eigenvalue weighted by molar-refractivity contribution is 5.81. The molecule has 1 aliphatic heterocycles. The number of aliphatic carboxylic acids is 1. The van der Waals surface area contributed by atoms with Gasteiger partial charge in [-0.05, 0) is 31.6 Å². The molecule has 6 heteroatoms. The highest BCUT2D eigenvalue weighted by Crippen LogP contribution is 2.26. The molecule has 2 unspecified atom stereocenters. The first-order valence-corrected chi connectivity index (χ1v) is 7.59. The van der Waals surface area contributed by atoms with E-state index in [4.69, 9.17) is 9.84 Å². The summed E-state index contributed by atoms with van der Waals surface area (Å²) in [7, 11) is 0. The van der Waals surface area contributed by atoms with E-state index in [2.05, 4.69) is 0 Å². The van der Waals surface area contributed by atoms with Crippen molar-refractivity contribution in [3.63, 3.8) is 0 Å². The fourth-order valence-electron chi connectivity index (χ4n) is 2.74. The van der Waals surface area contributed by atoms with Crippen molar-refractivity contribution < 1.29 is 24.2 Å². The van der Waals surface area contributed by atoms with Crippen LogP contribution in [0.15, 0.2) is 0 Å². The van der Waals surface area contributed by atoms with E-state index in [9.17, 15) is 14.4 Å². The molecule has 1 fully saturated rings. The fraction of sp³-hybridized carbons (Fsp3) is 0.800. The summed E-state index contributed by atoms with van der Waals surface area (Å²) in [5.41, 5.74) is 0. The first kappa shape index (κ1) is 17.5. The van der Waals surface area contributed by atoms with Crippen molar-refractivity contribution >= 4 is 17.8 Å². The Hall–Kier alpha value is -1.59. The normalized spacial score (nSPS) is 19.9. The van der Waals surface area contributed by atoms with Crippen molar-refractivity contribution in [2.24, 2.45) is 11.8 Å². The molecule has 0 spiro atoms. The van der Waals surface area contributed by atoms with Gasteiger partial charge < -0.3 is 14.7 Å². The van der Waals surface area contributed by atoms with Gasteiger partial charge in [0.1, 0.15) is 0 Å². The van der Waals surface area contributed by atoms with Crippen molar-refractivity contribution in [2.75, 3.05) is 19.7 Å². The molecule has 0 aromatic carbocycles. The third kappa shape index (κ3) is 6.14. The minimum Gasteiger partial charge on any atom is -0.481 e. The molecule has 0 radical (unpaired) electrons. The Balaban J connectivity index is 2.42. The summed E-state index contributed by atoms with van der Waals surface area (Å²) in [5.74, 6) is -0.910. The van der Waals surface area contributed by atoms with Crippen molar-refractivity contribution in [1.82, 2.24) is 4.90 Å². The quantitative estimate of drug-likeness (QED) is 0.723. The van der Waals surface area contributed by atoms with E-state index >= 15 is 0 Å². The van der Waals surface area contributed by atoms with E-state index in [1.807, 2.05) is 6.92 Å². The van der Waals surface area contributed by atoms with Crippen LogP contribution in [0.1, 0.15) is 46.0 Å². The minimum atomic E-state index is -0.798. The van der Waals surface area contributed by atoms with Gasteiger partial charge in [0, 0.05) is 25.9 Å². The van der Waals surface area contributed by atoms with E-state index in [0.717, 1.165) is 12.8 Å². The number of piperidine rings is 1. The highest BCUT2D eigenvalue weighted by atomic mass is 16.5. The number of likely N-dealkylation sites (tertiary alicyclic amines) is 1. The molecular formula is C15H25NO5. The largest absolute Gasteiger partial charge is 0.481 e. The van der Waals surface area contributed by atoms with Crippen LogP contribution in [0.5, 0.6) is 0 Å². The number of amides is 1. The van der Waals surface area contributed by atoms with Gasteiger partial charge in [0.2, 0.25) is 5.91 Å². The topological polar surface area (TPSA) is 83.9 Å². The molecule has 1 heterocycles. The number of carboxylic acid groups (broad SMARTS) is 1. The first-order valence-electron chi connectivity index (χ1n) is 7.59. The molecule has 0 aromatic rings. The van der Waals surface area contributed by atoms with Gasteiger partial charge in [-0.3, -0.25) is 14.4 Å². The smallest absolute Gasteiger partial charge is 0.306 e. The van der Waals surface area contributed by atoms with Gasteiger partial charge in [0.05, 0.1) is 13.0 Å². The number of hydrogen-bond donors (Lipinski definition) is 1. The van der Waals surface area contributed by atoms with Gasteiger partial charge in [-0.15, -0.1) is 0 Å². The zero-order valence-corrected chi connectivity index (χ0v) is 12.8. The molecule has 0 aliphatic carbocycles. The number of ether oxygens (including phenoxy) is 1. The van der Waals surface area contributed by atoms with E-state index < -0.39 is 5.97 Å². The van der Waals surface area contributed by atoms with Crippen molar-refractivity contribution in [3.8, 4) is 0 Å². The van der Waals surface area contributed by atoms with Gasteiger partial charge in [-0.2, -0.15) is 0 Å². The molecule has 6 nitrogen and oxygen atoms in total. The van der Waals surface area contributed by atoms with Crippen LogP contribution in [0.4, 0.5) is 0 Å². The Kier molecular flexibility index (Phi) is 7.19. The molecule has 21 heavy (non-hydrogen) atoms. The number of hydrogen-bond acceptors (Lipinski definition) is 4. The summed E-state index contributed by atoms with van der Waals surface area (Å²) < 4.78 is 4.81. The Bertz CT molecular complexity index is 382.